The first-order chi connectivity index (χ1) is 9.76. The van der Waals surface area contributed by atoms with Gasteiger partial charge in [0, 0.05) is 5.92 Å². The summed E-state index contributed by atoms with van der Waals surface area (Å²) in [6, 6.07) is 0. The van der Waals surface area contributed by atoms with E-state index < -0.39 is 17.5 Å². The van der Waals surface area contributed by atoms with E-state index in [1.807, 2.05) is 27.7 Å². The molecule has 124 valence electrons. The minimum Gasteiger partial charge on any atom is -0.463 e. The van der Waals surface area contributed by atoms with E-state index in [2.05, 4.69) is 6.92 Å². The summed E-state index contributed by atoms with van der Waals surface area (Å²) in [5.74, 6) is -0.864. The van der Waals surface area contributed by atoms with Crippen LogP contribution in [-0.2, 0) is 19.1 Å². The molecule has 0 aliphatic heterocycles. The van der Waals surface area contributed by atoms with Crippen molar-refractivity contribution in [1.29, 1.82) is 0 Å². The quantitative estimate of drug-likeness (QED) is 0.450. The van der Waals surface area contributed by atoms with Gasteiger partial charge in [-0.15, -0.1) is 0 Å². The number of hydrogen-bond acceptors (Lipinski definition) is 4. The lowest BCUT2D eigenvalue weighted by atomic mass is 9.86. The molecule has 0 saturated carbocycles. The van der Waals surface area contributed by atoms with E-state index in [-0.39, 0.29) is 11.9 Å². The van der Waals surface area contributed by atoms with Gasteiger partial charge in [0.25, 0.3) is 0 Å². The number of carbonyl (C=O) groups excluding carboxylic acids is 2. The Morgan fingerprint density at radius 2 is 1.67 bits per heavy atom. The van der Waals surface area contributed by atoms with E-state index >= 15 is 0 Å². The van der Waals surface area contributed by atoms with Gasteiger partial charge >= 0.3 is 11.9 Å². The molecule has 0 spiro atoms. The molecule has 0 fully saturated rings. The van der Waals surface area contributed by atoms with E-state index in [0.29, 0.717) is 6.61 Å². The summed E-state index contributed by atoms with van der Waals surface area (Å²) >= 11 is 0. The van der Waals surface area contributed by atoms with Crippen LogP contribution in [-0.4, -0.2) is 24.6 Å². The van der Waals surface area contributed by atoms with Crippen molar-refractivity contribution in [2.75, 3.05) is 6.61 Å². The maximum absolute atomic E-state index is 12.3. The van der Waals surface area contributed by atoms with Crippen LogP contribution in [0.25, 0.3) is 0 Å². The summed E-state index contributed by atoms with van der Waals surface area (Å²) in [6.45, 7) is 11.7. The van der Waals surface area contributed by atoms with Crippen LogP contribution in [0.1, 0.15) is 73.6 Å². The van der Waals surface area contributed by atoms with Gasteiger partial charge in [0.15, 0.2) is 0 Å². The van der Waals surface area contributed by atoms with Crippen molar-refractivity contribution in [2.45, 2.75) is 79.8 Å². The van der Waals surface area contributed by atoms with Crippen LogP contribution in [0.2, 0.25) is 0 Å². The summed E-state index contributed by atoms with van der Waals surface area (Å²) < 4.78 is 10.4. The highest BCUT2D eigenvalue weighted by Crippen LogP contribution is 2.27. The van der Waals surface area contributed by atoms with Crippen LogP contribution >= 0.6 is 0 Å². The lowest BCUT2D eigenvalue weighted by Gasteiger charge is -2.27. The Kier molecular flexibility index (Phi) is 9.31. The first-order valence-corrected chi connectivity index (χ1v) is 8.14. The molecule has 0 aliphatic rings. The van der Waals surface area contributed by atoms with Crippen LogP contribution < -0.4 is 0 Å². The standard InChI is InChI=1S/C17H32O4/c1-7-9-10-11-12-17(5,6)16(19)21-14(13(3)4)15(18)20-8-2/h13-14H,7-12H2,1-6H3. The molecule has 21 heavy (non-hydrogen) atoms. The highest BCUT2D eigenvalue weighted by molar-refractivity contribution is 5.82. The molecule has 0 aromatic rings. The number of carbonyl (C=O) groups is 2. The minimum absolute atomic E-state index is 0.0936. The summed E-state index contributed by atoms with van der Waals surface area (Å²) in [6.07, 6.45) is 4.44. The smallest absolute Gasteiger partial charge is 0.347 e. The van der Waals surface area contributed by atoms with Gasteiger partial charge in [0.05, 0.1) is 12.0 Å². The average molecular weight is 300 g/mol. The molecule has 4 nitrogen and oxygen atoms in total. The van der Waals surface area contributed by atoms with Crippen LogP contribution in [0.4, 0.5) is 0 Å². The summed E-state index contributed by atoms with van der Waals surface area (Å²) in [5, 5.41) is 0. The minimum atomic E-state index is -0.813. The monoisotopic (exact) mass is 300 g/mol. The molecule has 0 radical (unpaired) electrons. The Labute approximate surface area is 129 Å². The van der Waals surface area contributed by atoms with Crippen LogP contribution in [0, 0.1) is 11.3 Å². The Balaban J connectivity index is 4.55. The van der Waals surface area contributed by atoms with Crippen molar-refractivity contribution < 1.29 is 19.1 Å². The topological polar surface area (TPSA) is 52.6 Å². The third-order valence-electron chi connectivity index (χ3n) is 3.57. The van der Waals surface area contributed by atoms with Gasteiger partial charge in [0.2, 0.25) is 6.10 Å². The van der Waals surface area contributed by atoms with Crippen molar-refractivity contribution in [1.82, 2.24) is 0 Å². The molecule has 0 amide bonds. The SMILES string of the molecule is CCCCCCC(C)(C)C(=O)OC(C(=O)OCC)C(C)C. The Morgan fingerprint density at radius 3 is 2.14 bits per heavy atom. The molecule has 0 bridgehead atoms. The predicted octanol–water partition coefficient (Wildman–Crippen LogP) is 4.11. The Hall–Kier alpha value is -1.06. The van der Waals surface area contributed by atoms with Crippen LogP contribution in [0.15, 0.2) is 0 Å². The first-order valence-electron chi connectivity index (χ1n) is 8.14. The third kappa shape index (κ3) is 7.49. The molecule has 1 atom stereocenters. The number of esters is 2. The summed E-state index contributed by atoms with van der Waals surface area (Å²) in [5.41, 5.74) is -0.562. The van der Waals surface area contributed by atoms with Crippen molar-refractivity contribution in [3.63, 3.8) is 0 Å². The van der Waals surface area contributed by atoms with Gasteiger partial charge in [0.1, 0.15) is 0 Å². The molecule has 0 aliphatic carbocycles. The van der Waals surface area contributed by atoms with Crippen molar-refractivity contribution in [3.8, 4) is 0 Å². The maximum atomic E-state index is 12.3. The van der Waals surface area contributed by atoms with Gasteiger partial charge < -0.3 is 9.47 Å². The zero-order valence-corrected chi connectivity index (χ0v) is 14.5. The largest absolute Gasteiger partial charge is 0.463 e. The molecule has 0 rings (SSSR count). The van der Waals surface area contributed by atoms with Gasteiger partial charge in [-0.3, -0.25) is 4.79 Å². The number of unbranched alkanes of at least 4 members (excludes halogenated alkanes) is 3. The lowest BCUT2D eigenvalue weighted by Crippen LogP contribution is -2.38. The second-order valence-corrected chi connectivity index (χ2v) is 6.52. The van der Waals surface area contributed by atoms with Gasteiger partial charge in [-0.1, -0.05) is 46.5 Å². The zero-order valence-electron chi connectivity index (χ0n) is 14.5. The predicted molar refractivity (Wildman–Crippen MR) is 83.9 cm³/mol. The first kappa shape index (κ1) is 19.9. The van der Waals surface area contributed by atoms with Crippen LogP contribution in [0.5, 0.6) is 0 Å². The van der Waals surface area contributed by atoms with E-state index in [0.717, 1.165) is 19.3 Å². The second kappa shape index (κ2) is 9.80. The molecule has 0 aromatic carbocycles. The summed E-state index contributed by atoms with van der Waals surface area (Å²) in [7, 11) is 0. The fourth-order valence-corrected chi connectivity index (χ4v) is 2.05. The summed E-state index contributed by atoms with van der Waals surface area (Å²) in [4.78, 5) is 24.2. The van der Waals surface area contributed by atoms with E-state index in [1.54, 1.807) is 6.92 Å². The highest BCUT2D eigenvalue weighted by Gasteiger charge is 2.35. The maximum Gasteiger partial charge on any atom is 0.347 e. The highest BCUT2D eigenvalue weighted by atomic mass is 16.6. The van der Waals surface area contributed by atoms with Crippen molar-refractivity contribution in [2.24, 2.45) is 11.3 Å². The third-order valence-corrected chi connectivity index (χ3v) is 3.57. The molecule has 0 N–H and O–H groups in total. The van der Waals surface area contributed by atoms with Gasteiger partial charge in [-0.25, -0.2) is 4.79 Å². The molecule has 0 aromatic heterocycles. The molecular weight excluding hydrogens is 268 g/mol. The van der Waals surface area contributed by atoms with Crippen molar-refractivity contribution >= 4 is 11.9 Å². The van der Waals surface area contributed by atoms with E-state index in [4.69, 9.17) is 9.47 Å². The molecular formula is C17H32O4. The average Bonchev–Trinajstić information content (AvgIpc) is 2.40. The number of hydrogen-bond donors (Lipinski definition) is 0. The number of rotatable bonds is 10. The lowest BCUT2D eigenvalue weighted by molar-refractivity contribution is -0.176. The molecule has 1 unspecified atom stereocenters. The van der Waals surface area contributed by atoms with Gasteiger partial charge in [-0.2, -0.15) is 0 Å². The fraction of sp³-hybridized carbons (Fsp3) is 0.882. The second-order valence-electron chi connectivity index (χ2n) is 6.52. The molecule has 4 heteroatoms. The van der Waals surface area contributed by atoms with E-state index in [9.17, 15) is 9.59 Å². The van der Waals surface area contributed by atoms with Gasteiger partial charge in [-0.05, 0) is 27.2 Å². The molecule has 0 heterocycles. The Morgan fingerprint density at radius 1 is 1.05 bits per heavy atom. The van der Waals surface area contributed by atoms with E-state index in [1.165, 1.54) is 12.8 Å². The normalized spacial score (nSPS) is 13.1. The zero-order chi connectivity index (χ0) is 16.5. The molecule has 0 saturated heterocycles. The van der Waals surface area contributed by atoms with Crippen LogP contribution in [0.3, 0.4) is 0 Å². The van der Waals surface area contributed by atoms with Crippen molar-refractivity contribution in [3.05, 3.63) is 0 Å². The fourth-order valence-electron chi connectivity index (χ4n) is 2.05. The Bertz CT molecular complexity index is 321. The number of ether oxygens (including phenoxy) is 2.